The first-order chi connectivity index (χ1) is 63.2. The van der Waals surface area contributed by atoms with Crippen LogP contribution < -0.4 is 21.2 Å². The van der Waals surface area contributed by atoms with Crippen molar-refractivity contribution in [2.45, 2.75) is 14.4 Å². The molecule has 22 rings (SSSR count). The summed E-state index contributed by atoms with van der Waals surface area (Å²) in [6.45, 7) is 1.98. The SMILES string of the molecule is C.Cc1ccc2cccc([O][Al][O]c3ccc(-c4ccccc4)cc3)c2n1.[2H]N=P.[AlH][O]c1cccc2cccnc12.[B]CP.c1ccc(N(c2ccc(-c3ccc(N(c4ccccc4)c4cccc5ccccc45)cc3)cc2)c2cccc3ccccc23)cc1.c1ccc2c(c1)c1ccccc1n2-c1ccc(-c2ccc(-n3c4ccccc4c4ccccc43)cc2)cc1. The number of benzene rings is 18. The average molecular weight is 1720 g/mol. The Bertz CT molecular complexity index is 7070. The molecular weight excluding hydrogens is 1630 g/mol. The van der Waals surface area contributed by atoms with E-state index < -0.39 is 15.9 Å². The molecule has 0 saturated heterocycles. The van der Waals surface area contributed by atoms with E-state index in [2.05, 4.69) is 422 Å². The summed E-state index contributed by atoms with van der Waals surface area (Å²) in [7, 11) is 9.64. The van der Waals surface area contributed by atoms with Crippen LogP contribution in [0.3, 0.4) is 0 Å². The number of nitrogens with zero attached hydrogens (tertiary/aromatic N) is 6. The molecule has 4 heterocycles. The van der Waals surface area contributed by atoms with Crippen LogP contribution in [0.1, 0.15) is 13.1 Å². The maximum Gasteiger partial charge on any atom is 0.881 e. The van der Waals surface area contributed by atoms with E-state index in [4.69, 9.17) is 20.6 Å². The number of hydrogen-bond acceptors (Lipinski definition) is 8. The molecule has 18 aromatic carbocycles. The van der Waals surface area contributed by atoms with Crippen LogP contribution in [-0.4, -0.2) is 65.5 Å². The van der Waals surface area contributed by atoms with Gasteiger partial charge in [-0.2, -0.15) is 0 Å². The fourth-order valence-electron chi connectivity index (χ4n) is 16.4. The Labute approximate surface area is 769 Å². The number of rotatable bonds is 16. The fraction of sp³-hybridized carbons (Fsp3) is 0.0265. The highest BCUT2D eigenvalue weighted by molar-refractivity contribution is 7.19. The Morgan fingerprint density at radius 2 is 0.672 bits per heavy atom. The van der Waals surface area contributed by atoms with Gasteiger partial charge in [-0.05, 0) is 206 Å². The van der Waals surface area contributed by atoms with Crippen molar-refractivity contribution >= 4 is 180 Å². The highest BCUT2D eigenvalue weighted by Crippen LogP contribution is 2.44. The number of aryl methyl sites for hydroxylation is 1. The lowest BCUT2D eigenvalue weighted by atomic mass is 10.0. The van der Waals surface area contributed by atoms with Gasteiger partial charge in [0.2, 0.25) is 0 Å². The van der Waals surface area contributed by atoms with Gasteiger partial charge in [-0.1, -0.05) is 323 Å². The van der Waals surface area contributed by atoms with E-state index in [0.29, 0.717) is 6.06 Å². The molecule has 128 heavy (non-hydrogen) atoms. The summed E-state index contributed by atoms with van der Waals surface area (Å²) in [5, 5.41) is 14.8. The van der Waals surface area contributed by atoms with Gasteiger partial charge in [0, 0.05) is 89.1 Å². The second-order valence-corrected chi connectivity index (χ2v) is 31.4. The molecule has 0 amide bonds. The first-order valence-electron chi connectivity index (χ1n) is 42.4. The average Bonchev–Trinajstić information content (AvgIpc) is 1.61. The third kappa shape index (κ3) is 19.3. The van der Waals surface area contributed by atoms with Crippen LogP contribution in [0.4, 0.5) is 34.1 Å². The predicted octanol–water partition coefficient (Wildman–Crippen LogP) is 30.3. The van der Waals surface area contributed by atoms with Gasteiger partial charge < -0.3 is 30.3 Å². The number of pyridine rings is 2. The zero-order chi connectivity index (χ0) is 87.3. The minimum absolute atomic E-state index is 0. The van der Waals surface area contributed by atoms with Gasteiger partial charge in [-0.3, -0.25) is 10.1 Å². The molecule has 0 fully saturated rings. The van der Waals surface area contributed by atoms with Crippen LogP contribution in [0, 0.1) is 12.1 Å². The Balaban J connectivity index is 0.000000132. The smallest absolute Gasteiger partial charge is 0.649 e. The number of hydrogen-bond donors (Lipinski definition) is 1. The van der Waals surface area contributed by atoms with Crippen LogP contribution in [0.15, 0.2) is 461 Å². The van der Waals surface area contributed by atoms with E-state index >= 15 is 0 Å². The first-order valence-corrected chi connectivity index (χ1v) is 44.7. The van der Waals surface area contributed by atoms with Crippen LogP contribution in [0.5, 0.6) is 17.2 Å². The summed E-state index contributed by atoms with van der Waals surface area (Å²) in [5.74, 6) is 2.41. The number of nitrogens with one attached hydrogen (secondary N) is 1. The van der Waals surface area contributed by atoms with Crippen molar-refractivity contribution in [2.24, 2.45) is 0 Å². The Morgan fingerprint density at radius 1 is 0.352 bits per heavy atom. The normalized spacial score (nSPS) is 10.8. The zero-order valence-electron chi connectivity index (χ0n) is 70.9. The van der Waals surface area contributed by atoms with Gasteiger partial charge in [-0.25, -0.2) is 4.98 Å². The molecule has 614 valence electrons. The van der Waals surface area contributed by atoms with Gasteiger partial charge >= 0.3 is 32.5 Å². The molecule has 22 aromatic rings. The summed E-state index contributed by atoms with van der Waals surface area (Å²) >= 11 is 0.801. The zero-order valence-corrected chi connectivity index (χ0v) is 74.6. The lowest BCUT2D eigenvalue weighted by Gasteiger charge is -2.27. The summed E-state index contributed by atoms with van der Waals surface area (Å²) in [4.78, 5) is 13.5. The molecule has 15 heteroatoms. The monoisotopic (exact) mass is 1720 g/mol. The van der Waals surface area contributed by atoms with Gasteiger partial charge in [0.05, 0.1) is 47.0 Å². The molecule has 0 bridgehead atoms. The molecule has 4 radical (unpaired) electrons. The van der Waals surface area contributed by atoms with Crippen LogP contribution >= 0.6 is 18.3 Å². The van der Waals surface area contributed by atoms with Crippen molar-refractivity contribution in [3.05, 3.63) is 467 Å². The maximum atomic E-state index is 5.89. The lowest BCUT2D eigenvalue weighted by Crippen LogP contribution is -2.11. The minimum atomic E-state index is -0.665. The maximum absolute atomic E-state index is 5.89. The largest absolute Gasteiger partial charge is 0.881 e. The molecule has 1 N–H and O–H groups in total. The highest BCUT2D eigenvalue weighted by atomic mass is 31.0. The minimum Gasteiger partial charge on any atom is -0.649 e. The predicted molar refractivity (Wildman–Crippen MR) is 550 cm³/mol. The quantitative estimate of drug-likeness (QED) is 0.0761. The molecule has 0 aliphatic carbocycles. The van der Waals surface area contributed by atoms with E-state index in [1.54, 1.807) is 6.20 Å². The number of anilines is 6. The van der Waals surface area contributed by atoms with E-state index in [1.807, 2.05) is 91.9 Å². The highest BCUT2D eigenvalue weighted by Gasteiger charge is 2.20. The number of fused-ring (bicyclic) bond motifs is 10. The molecule has 0 saturated carbocycles. The molecule has 10 nitrogen and oxygen atoms in total. The third-order valence-electron chi connectivity index (χ3n) is 22.3. The summed E-state index contributed by atoms with van der Waals surface area (Å²) in [6.07, 6.45) is 1.77. The molecule has 0 spiro atoms. The van der Waals surface area contributed by atoms with Gasteiger partial charge in [0.15, 0.2) is 1.41 Å². The third-order valence-corrected chi connectivity index (χ3v) is 23.3. The van der Waals surface area contributed by atoms with Gasteiger partial charge in [-0.15, -0.1) is 9.24 Å². The van der Waals surface area contributed by atoms with Crippen molar-refractivity contribution in [3.63, 3.8) is 0 Å². The fourth-order valence-corrected chi connectivity index (χ4v) is 17.3. The van der Waals surface area contributed by atoms with Crippen molar-refractivity contribution in [1.82, 2.24) is 19.1 Å². The van der Waals surface area contributed by atoms with Crippen molar-refractivity contribution in [2.75, 3.05) is 15.9 Å². The Morgan fingerprint density at radius 3 is 1.10 bits per heavy atom. The molecule has 1 unspecified atom stereocenters. The summed E-state index contributed by atoms with van der Waals surface area (Å²) in [5.41, 5.74) is 24.0. The molecular formula is C113H90Al2BN7O3P2. The summed E-state index contributed by atoms with van der Waals surface area (Å²) < 4.78 is 27.4. The Hall–Kier alpha value is -14.4. The first kappa shape index (κ1) is 85.7. The van der Waals surface area contributed by atoms with E-state index in [9.17, 15) is 0 Å². The topological polar surface area (TPSA) is 93.7 Å². The summed E-state index contributed by atoms with van der Waals surface area (Å²) in [6, 6.07) is 161. The van der Waals surface area contributed by atoms with Crippen molar-refractivity contribution in [3.8, 4) is 62.0 Å². The van der Waals surface area contributed by atoms with Crippen molar-refractivity contribution < 1.29 is 12.8 Å². The van der Waals surface area contributed by atoms with E-state index in [0.717, 1.165) is 78.9 Å². The van der Waals surface area contributed by atoms with Crippen LogP contribution in [0.25, 0.3) is 132 Å². The van der Waals surface area contributed by atoms with Gasteiger partial charge in [0.25, 0.3) is 0 Å². The Kier molecular flexibility index (Phi) is 28.1. The van der Waals surface area contributed by atoms with Crippen LogP contribution in [0.2, 0.25) is 1.41 Å². The number of aromatic nitrogens is 4. The lowest BCUT2D eigenvalue weighted by molar-refractivity contribution is 0.461. The van der Waals surface area contributed by atoms with E-state index in [1.165, 1.54) is 127 Å². The van der Waals surface area contributed by atoms with Crippen molar-refractivity contribution in [1.29, 1.82) is 5.15 Å². The molecule has 1 atom stereocenters. The van der Waals surface area contributed by atoms with Crippen LogP contribution in [-0.2, 0) is 0 Å². The number of para-hydroxylation sites is 8. The van der Waals surface area contributed by atoms with E-state index in [-0.39, 0.29) is 7.43 Å². The molecule has 0 aliphatic heterocycles. The van der Waals surface area contributed by atoms with Gasteiger partial charge in [0.1, 0.15) is 22.5 Å². The molecule has 4 aromatic heterocycles. The molecule has 0 aliphatic rings. The second-order valence-electron chi connectivity index (χ2n) is 30.0. The standard InChI is InChI=1S/C44H32N2.C36H24N2.C12H10O.C10H9NO.C9H7NO.CH4BP.CH4.2Al.H2NP.H/c1-3-17-37(18-4-1)45(43-23-11-15-35-13-7-9-21-41(35)43)39-29-25-33(26-30-39)34-27-31-40(32-28-34)46(38-19-5-2-6-20-38)44-24-12-16-36-14-8-10-22-42(36)44;1-5-13-33-29(9-1)30-10-2-6-14-34(30)37(33)27-21-17-25(18-22-27)26-19-23-28(24-20-26)38-35-15-7-3-11-31(35)32-12-4-8-16-36(32)38;13-12-8-6-11(7-9-12)10-4-2-1-3-5-10;1-7-5-6-8-3-2-4-9(12)10(8)11-7;11-8-5-1-3-7-4-2-6-10-9(7)8;2-1-3;;;;1-2;/h1-32H;1-24H;1-9,13H;2-6,12H,1H3;1-6,11H;1,3H2;1H4;;;1-2H;/q;;;;;;;+1;+2;;/p-3/i/hD. The second kappa shape index (κ2) is 42.0.